The Hall–Kier alpha value is -1.21. The van der Waals surface area contributed by atoms with Crippen LogP contribution in [-0.4, -0.2) is 24.1 Å². The van der Waals surface area contributed by atoms with Crippen molar-refractivity contribution in [1.82, 2.24) is 9.97 Å². The van der Waals surface area contributed by atoms with E-state index in [1.165, 1.54) is 18.5 Å². The number of halogens is 1. The van der Waals surface area contributed by atoms with Crippen LogP contribution in [0.3, 0.4) is 0 Å². The summed E-state index contributed by atoms with van der Waals surface area (Å²) < 4.78 is 6.29. The van der Waals surface area contributed by atoms with Gasteiger partial charge in [0.05, 0.1) is 15.9 Å². The maximum absolute atomic E-state index is 5.14. The zero-order chi connectivity index (χ0) is 14.8. The topological polar surface area (TPSA) is 47.0 Å². The molecule has 0 radical (unpaired) electrons. The van der Waals surface area contributed by atoms with E-state index in [0.29, 0.717) is 12.5 Å². The first-order valence-electron chi connectivity index (χ1n) is 7.06. The van der Waals surface area contributed by atoms with Crippen LogP contribution in [0.4, 0.5) is 5.82 Å². The third kappa shape index (κ3) is 3.18. The van der Waals surface area contributed by atoms with Crippen molar-refractivity contribution < 1.29 is 4.74 Å². The Labute approximate surface area is 138 Å². The fourth-order valence-corrected chi connectivity index (χ4v) is 3.25. The molecule has 0 atom stereocenters. The second kappa shape index (κ2) is 6.27. The molecule has 1 aliphatic carbocycles. The molecule has 1 heterocycles. The van der Waals surface area contributed by atoms with Crippen molar-refractivity contribution >= 4 is 28.4 Å². The minimum atomic E-state index is 0.610. The summed E-state index contributed by atoms with van der Waals surface area (Å²) in [6.07, 6.45) is 2.48. The maximum atomic E-state index is 5.14. The number of methoxy groups -OCH3 is 1. The first kappa shape index (κ1) is 14.7. The first-order valence-corrected chi connectivity index (χ1v) is 8.14. The van der Waals surface area contributed by atoms with E-state index in [0.717, 1.165) is 26.3 Å². The summed E-state index contributed by atoms with van der Waals surface area (Å²) in [4.78, 5) is 9.45. The number of hydrogen-bond acceptors (Lipinski definition) is 4. The van der Waals surface area contributed by atoms with E-state index < -0.39 is 0 Å². The number of hydrogen-bond donors (Lipinski definition) is 1. The molecule has 4 nitrogen and oxygen atoms in total. The van der Waals surface area contributed by atoms with E-state index in [-0.39, 0.29) is 0 Å². The van der Waals surface area contributed by atoms with E-state index in [1.54, 1.807) is 7.11 Å². The van der Waals surface area contributed by atoms with Crippen LogP contribution >= 0.6 is 22.6 Å². The monoisotopic (exact) mass is 395 g/mol. The second-order valence-electron chi connectivity index (χ2n) is 5.25. The molecule has 110 valence electrons. The number of nitrogens with zero attached hydrogens (tertiary/aromatic N) is 2. The summed E-state index contributed by atoms with van der Waals surface area (Å²) in [5, 5.41) is 3.18. The summed E-state index contributed by atoms with van der Waals surface area (Å²) in [6, 6.07) is 8.26. The molecule has 1 saturated carbocycles. The lowest BCUT2D eigenvalue weighted by molar-refractivity contribution is 0.185. The predicted molar refractivity (Wildman–Crippen MR) is 92.4 cm³/mol. The van der Waals surface area contributed by atoms with E-state index in [9.17, 15) is 0 Å². The highest BCUT2D eigenvalue weighted by Crippen LogP contribution is 2.42. The lowest BCUT2D eigenvalue weighted by Crippen LogP contribution is -2.04. The van der Waals surface area contributed by atoms with Gasteiger partial charge in [-0.3, -0.25) is 0 Å². The van der Waals surface area contributed by atoms with Crippen molar-refractivity contribution in [2.24, 2.45) is 0 Å². The number of rotatable bonds is 5. The van der Waals surface area contributed by atoms with E-state index in [4.69, 9.17) is 9.72 Å². The highest BCUT2D eigenvalue weighted by Gasteiger charge is 2.29. The van der Waals surface area contributed by atoms with Gasteiger partial charge in [-0.25, -0.2) is 9.97 Å². The quantitative estimate of drug-likeness (QED) is 0.783. The van der Waals surface area contributed by atoms with Crippen molar-refractivity contribution in [3.63, 3.8) is 0 Å². The van der Waals surface area contributed by atoms with Gasteiger partial charge >= 0.3 is 0 Å². The smallest absolute Gasteiger partial charge is 0.161 e. The Balaban J connectivity index is 1.99. The van der Waals surface area contributed by atoms with Crippen LogP contribution in [0, 0.1) is 3.57 Å². The van der Waals surface area contributed by atoms with Gasteiger partial charge in [-0.05, 0) is 41.0 Å². The van der Waals surface area contributed by atoms with Gasteiger partial charge in [-0.2, -0.15) is 0 Å². The van der Waals surface area contributed by atoms with Gasteiger partial charge in [-0.1, -0.05) is 24.3 Å². The summed E-state index contributed by atoms with van der Waals surface area (Å²) in [5.74, 6) is 2.33. The van der Waals surface area contributed by atoms with Crippen molar-refractivity contribution in [3.8, 4) is 11.4 Å². The Morgan fingerprint density at radius 1 is 1.24 bits per heavy atom. The van der Waals surface area contributed by atoms with Gasteiger partial charge in [0.15, 0.2) is 5.82 Å². The highest BCUT2D eigenvalue weighted by molar-refractivity contribution is 14.1. The Kier molecular flexibility index (Phi) is 4.40. The van der Waals surface area contributed by atoms with Gasteiger partial charge in [0, 0.05) is 25.6 Å². The summed E-state index contributed by atoms with van der Waals surface area (Å²) >= 11 is 2.34. The fourth-order valence-electron chi connectivity index (χ4n) is 2.30. The molecule has 0 aliphatic heterocycles. The van der Waals surface area contributed by atoms with Crippen LogP contribution in [0.5, 0.6) is 0 Å². The highest BCUT2D eigenvalue weighted by atomic mass is 127. The third-order valence-corrected chi connectivity index (χ3v) is 4.66. The van der Waals surface area contributed by atoms with Crippen LogP contribution in [0.2, 0.25) is 0 Å². The fraction of sp³-hybridized carbons (Fsp3) is 0.375. The van der Waals surface area contributed by atoms with Gasteiger partial charge < -0.3 is 10.1 Å². The van der Waals surface area contributed by atoms with Crippen molar-refractivity contribution in [1.29, 1.82) is 0 Å². The van der Waals surface area contributed by atoms with E-state index in [1.807, 2.05) is 7.05 Å². The molecule has 0 unspecified atom stereocenters. The predicted octanol–water partition coefficient (Wildman–Crippen LogP) is 3.81. The number of nitrogens with one attached hydrogen (secondary N) is 1. The summed E-state index contributed by atoms with van der Waals surface area (Å²) in [5.41, 5.74) is 3.39. The molecule has 3 rings (SSSR count). The molecule has 1 N–H and O–H groups in total. The first-order chi connectivity index (χ1) is 10.2. The minimum Gasteiger partial charge on any atom is -0.380 e. The Morgan fingerprint density at radius 2 is 1.95 bits per heavy atom. The van der Waals surface area contributed by atoms with Crippen LogP contribution in [0.15, 0.2) is 24.3 Å². The Bertz CT molecular complexity index is 639. The van der Waals surface area contributed by atoms with Crippen molar-refractivity contribution in [2.45, 2.75) is 25.4 Å². The molecule has 0 saturated heterocycles. The number of benzene rings is 1. The lowest BCUT2D eigenvalue weighted by atomic mass is 10.1. The summed E-state index contributed by atoms with van der Waals surface area (Å²) in [6.45, 7) is 0.628. The molecule has 1 aromatic heterocycles. The van der Waals surface area contributed by atoms with Crippen LogP contribution in [-0.2, 0) is 11.3 Å². The third-order valence-electron chi connectivity index (χ3n) is 3.60. The van der Waals surface area contributed by atoms with E-state index in [2.05, 4.69) is 57.2 Å². The SMILES string of the molecule is CNc1nc(-c2ccc(COC)cc2)nc(C2CC2)c1I. The van der Waals surface area contributed by atoms with Crippen LogP contribution < -0.4 is 5.32 Å². The van der Waals surface area contributed by atoms with Crippen LogP contribution in [0.1, 0.15) is 30.0 Å². The normalized spacial score (nSPS) is 14.2. The molecule has 5 heteroatoms. The lowest BCUT2D eigenvalue weighted by Gasteiger charge is -2.11. The number of ether oxygens (including phenoxy) is 1. The zero-order valence-corrected chi connectivity index (χ0v) is 14.3. The average Bonchev–Trinajstić information content (AvgIpc) is 3.33. The molecule has 2 aromatic rings. The molecule has 1 aromatic carbocycles. The molecule has 0 spiro atoms. The van der Waals surface area contributed by atoms with Crippen molar-refractivity contribution in [2.75, 3.05) is 19.5 Å². The Morgan fingerprint density at radius 3 is 2.52 bits per heavy atom. The van der Waals surface area contributed by atoms with Crippen LogP contribution in [0.25, 0.3) is 11.4 Å². The molecular weight excluding hydrogens is 377 g/mol. The number of anilines is 1. The minimum absolute atomic E-state index is 0.610. The van der Waals surface area contributed by atoms with Gasteiger partial charge in [0.1, 0.15) is 5.82 Å². The van der Waals surface area contributed by atoms with Crippen molar-refractivity contribution in [3.05, 3.63) is 39.1 Å². The molecule has 0 amide bonds. The standard InChI is InChI=1S/C16H18IN3O/c1-18-16-13(17)14(11-7-8-11)19-15(20-16)12-5-3-10(4-6-12)9-21-2/h3-6,11H,7-9H2,1-2H3,(H,18,19,20). The zero-order valence-electron chi connectivity index (χ0n) is 12.2. The summed E-state index contributed by atoms with van der Waals surface area (Å²) in [7, 11) is 3.61. The molecule has 21 heavy (non-hydrogen) atoms. The van der Waals surface area contributed by atoms with E-state index >= 15 is 0 Å². The second-order valence-corrected chi connectivity index (χ2v) is 6.33. The van der Waals surface area contributed by atoms with Gasteiger partial charge in [0.25, 0.3) is 0 Å². The van der Waals surface area contributed by atoms with Gasteiger partial charge in [-0.15, -0.1) is 0 Å². The molecule has 0 bridgehead atoms. The largest absolute Gasteiger partial charge is 0.380 e. The maximum Gasteiger partial charge on any atom is 0.161 e. The molecule has 1 aliphatic rings. The molecule has 1 fully saturated rings. The molecular formula is C16H18IN3O. The average molecular weight is 395 g/mol. The number of aromatic nitrogens is 2. The van der Waals surface area contributed by atoms with Gasteiger partial charge in [0.2, 0.25) is 0 Å².